The fourth-order valence-corrected chi connectivity index (χ4v) is 2.78. The summed E-state index contributed by atoms with van der Waals surface area (Å²) >= 11 is 0. The van der Waals surface area contributed by atoms with E-state index in [1.165, 1.54) is 6.92 Å². The molecule has 1 unspecified atom stereocenters. The summed E-state index contributed by atoms with van der Waals surface area (Å²) in [5.74, 6) is -1.85. The van der Waals surface area contributed by atoms with Gasteiger partial charge in [0.15, 0.2) is 6.04 Å². The number of rotatable bonds is 8. The third-order valence-corrected chi connectivity index (χ3v) is 5.04. The van der Waals surface area contributed by atoms with Gasteiger partial charge in [-0.1, -0.05) is 30.3 Å². The van der Waals surface area contributed by atoms with Crippen LogP contribution in [0.25, 0.3) is 0 Å². The smallest absolute Gasteiger partial charge is 0.330 e. The molecule has 0 spiro atoms. The van der Waals surface area contributed by atoms with Gasteiger partial charge in [-0.2, -0.15) is 0 Å². The van der Waals surface area contributed by atoms with E-state index in [0.29, 0.717) is 6.42 Å². The van der Waals surface area contributed by atoms with E-state index in [4.69, 9.17) is 10.5 Å². The molecule has 0 aliphatic carbocycles. The van der Waals surface area contributed by atoms with Gasteiger partial charge in [0.05, 0.1) is 0 Å². The van der Waals surface area contributed by atoms with Crippen molar-refractivity contribution in [2.45, 2.75) is 25.8 Å². The summed E-state index contributed by atoms with van der Waals surface area (Å²) in [6.07, 6.45) is -0.0183. The zero-order chi connectivity index (χ0) is 16.8. The van der Waals surface area contributed by atoms with E-state index in [1.807, 2.05) is 30.3 Å². The minimum Gasteiger partial charge on any atom is -0.480 e. The standard InChI is InChI=1S/C14H19N2O5P/c1-10(15)22(20,21)9-12(14(18)19)16-13(17)8-7-11-5-3-2-4-6-11/h2-6,12,15,20-21H,7-9H2,1H3,(H-,16,17,18,19)/p+1. The number of aryl methyl sites for hydroxylation is 1. The zero-order valence-electron chi connectivity index (χ0n) is 12.2. The average molecular weight is 327 g/mol. The predicted octanol–water partition coefficient (Wildman–Crippen LogP) is 1.02. The SMILES string of the molecule is CC(=N)[P+](O)(O)CC(NC(=O)CCc1ccccc1)C(=O)O. The van der Waals surface area contributed by atoms with E-state index in [0.717, 1.165) is 5.56 Å². The normalized spacial score (nSPS) is 12.5. The molecular weight excluding hydrogens is 307 g/mol. The van der Waals surface area contributed by atoms with Crippen LogP contribution in [0.1, 0.15) is 18.9 Å². The zero-order valence-corrected chi connectivity index (χ0v) is 13.1. The van der Waals surface area contributed by atoms with Gasteiger partial charge < -0.3 is 10.4 Å². The number of carboxylic acids is 1. The highest BCUT2D eigenvalue weighted by Crippen LogP contribution is 2.51. The molecule has 0 aromatic heterocycles. The van der Waals surface area contributed by atoms with Crippen molar-refractivity contribution < 1.29 is 24.5 Å². The summed E-state index contributed by atoms with van der Waals surface area (Å²) in [5, 5.41) is 18.6. The van der Waals surface area contributed by atoms with Gasteiger partial charge in [-0.25, -0.2) is 14.6 Å². The molecule has 0 fully saturated rings. The topological polar surface area (TPSA) is 131 Å². The molecule has 1 rings (SSSR count). The molecule has 7 nitrogen and oxygen atoms in total. The first-order valence-corrected chi connectivity index (χ1v) is 8.55. The Morgan fingerprint density at radius 2 is 1.86 bits per heavy atom. The lowest BCUT2D eigenvalue weighted by Gasteiger charge is -2.17. The van der Waals surface area contributed by atoms with Crippen LogP contribution in [0.3, 0.4) is 0 Å². The highest BCUT2D eigenvalue weighted by molar-refractivity contribution is 7.81. The highest BCUT2D eigenvalue weighted by atomic mass is 31.2. The van der Waals surface area contributed by atoms with Crippen LogP contribution in [0.4, 0.5) is 0 Å². The van der Waals surface area contributed by atoms with Crippen molar-refractivity contribution in [3.8, 4) is 0 Å². The Labute approximate surface area is 129 Å². The Bertz CT molecular complexity index is 547. The lowest BCUT2D eigenvalue weighted by atomic mass is 10.1. The van der Waals surface area contributed by atoms with Gasteiger partial charge in [-0.3, -0.25) is 10.2 Å². The van der Waals surface area contributed by atoms with Gasteiger partial charge in [0.1, 0.15) is 6.16 Å². The van der Waals surface area contributed by atoms with Crippen LogP contribution < -0.4 is 5.32 Å². The van der Waals surface area contributed by atoms with Crippen molar-refractivity contribution in [3.63, 3.8) is 0 Å². The van der Waals surface area contributed by atoms with E-state index in [1.54, 1.807) is 0 Å². The summed E-state index contributed by atoms with van der Waals surface area (Å²) in [4.78, 5) is 42.2. The van der Waals surface area contributed by atoms with Crippen molar-refractivity contribution in [2.24, 2.45) is 0 Å². The van der Waals surface area contributed by atoms with E-state index in [-0.39, 0.29) is 11.9 Å². The van der Waals surface area contributed by atoms with Crippen molar-refractivity contribution in [1.82, 2.24) is 5.32 Å². The Morgan fingerprint density at radius 1 is 1.27 bits per heavy atom. The lowest BCUT2D eigenvalue weighted by molar-refractivity contribution is -0.141. The molecule has 1 aromatic carbocycles. The first-order valence-electron chi connectivity index (χ1n) is 6.68. The van der Waals surface area contributed by atoms with E-state index < -0.39 is 31.8 Å². The second-order valence-electron chi connectivity index (χ2n) is 4.94. The maximum absolute atomic E-state index is 11.8. The first-order chi connectivity index (χ1) is 10.2. The second kappa shape index (κ2) is 7.98. The molecule has 120 valence electrons. The van der Waals surface area contributed by atoms with Gasteiger partial charge in [-0.05, 0) is 12.0 Å². The Kier molecular flexibility index (Phi) is 6.61. The fourth-order valence-electron chi connectivity index (χ4n) is 1.75. The molecule has 0 bridgehead atoms. The van der Waals surface area contributed by atoms with Gasteiger partial charge >= 0.3 is 13.7 Å². The van der Waals surface area contributed by atoms with E-state index in [9.17, 15) is 19.4 Å². The molecule has 0 saturated heterocycles. The summed E-state index contributed by atoms with van der Waals surface area (Å²) in [6.45, 7) is 1.20. The molecule has 0 saturated carbocycles. The maximum Gasteiger partial charge on any atom is 0.330 e. The molecule has 0 aliphatic heterocycles. The van der Waals surface area contributed by atoms with Crippen LogP contribution in [0.5, 0.6) is 0 Å². The third-order valence-electron chi connectivity index (χ3n) is 3.09. The van der Waals surface area contributed by atoms with Crippen molar-refractivity contribution in [1.29, 1.82) is 5.41 Å². The van der Waals surface area contributed by atoms with Gasteiger partial charge in [0.25, 0.3) is 0 Å². The maximum atomic E-state index is 11.8. The first kappa shape index (κ1) is 18.2. The van der Waals surface area contributed by atoms with Gasteiger partial charge in [0, 0.05) is 13.3 Å². The number of amides is 1. The molecule has 0 radical (unpaired) electrons. The summed E-state index contributed by atoms with van der Waals surface area (Å²) in [5.41, 5.74) is 0.573. The fraction of sp³-hybridized carbons (Fsp3) is 0.357. The number of nitrogens with one attached hydrogen (secondary N) is 2. The molecule has 0 aliphatic rings. The molecular formula is C14H20N2O5P+. The van der Waals surface area contributed by atoms with Gasteiger partial charge in [-0.15, -0.1) is 0 Å². The largest absolute Gasteiger partial charge is 0.480 e. The quantitative estimate of drug-likeness (QED) is 0.359. The van der Waals surface area contributed by atoms with Crippen LogP contribution in [0.15, 0.2) is 30.3 Å². The Hall–Kier alpha value is -1.82. The van der Waals surface area contributed by atoms with E-state index in [2.05, 4.69) is 5.32 Å². The summed E-state index contributed by atoms with van der Waals surface area (Å²) in [7, 11) is -3.77. The van der Waals surface area contributed by atoms with Crippen molar-refractivity contribution >= 4 is 25.0 Å². The number of carbonyl (C=O) groups is 2. The van der Waals surface area contributed by atoms with Crippen LogP contribution in [0.2, 0.25) is 0 Å². The van der Waals surface area contributed by atoms with Crippen molar-refractivity contribution in [3.05, 3.63) is 35.9 Å². The van der Waals surface area contributed by atoms with Crippen LogP contribution in [0, 0.1) is 5.41 Å². The van der Waals surface area contributed by atoms with Gasteiger partial charge in [0.2, 0.25) is 11.4 Å². The van der Waals surface area contributed by atoms with E-state index >= 15 is 0 Å². The number of benzene rings is 1. The van der Waals surface area contributed by atoms with Crippen molar-refractivity contribution in [2.75, 3.05) is 6.16 Å². The van der Waals surface area contributed by atoms with Crippen LogP contribution in [-0.4, -0.2) is 44.4 Å². The lowest BCUT2D eigenvalue weighted by Crippen LogP contribution is -2.44. The monoisotopic (exact) mass is 327 g/mol. The Balaban J connectivity index is 2.58. The van der Waals surface area contributed by atoms with Crippen LogP contribution in [-0.2, 0) is 16.0 Å². The minimum atomic E-state index is -3.77. The second-order valence-corrected chi connectivity index (χ2v) is 7.44. The highest BCUT2D eigenvalue weighted by Gasteiger charge is 2.43. The molecule has 1 amide bonds. The average Bonchev–Trinajstić information content (AvgIpc) is 2.45. The number of carbonyl (C=O) groups excluding carboxylic acids is 1. The molecule has 0 heterocycles. The number of hydrogen-bond donors (Lipinski definition) is 5. The predicted molar refractivity (Wildman–Crippen MR) is 84.0 cm³/mol. The van der Waals surface area contributed by atoms with Crippen LogP contribution >= 0.6 is 7.72 Å². The number of hydrogen-bond acceptors (Lipinski definition) is 5. The molecule has 22 heavy (non-hydrogen) atoms. The molecule has 1 aromatic rings. The number of aliphatic carboxylic acids is 1. The summed E-state index contributed by atoms with van der Waals surface area (Å²) in [6, 6.07) is 7.84. The Morgan fingerprint density at radius 3 is 2.36 bits per heavy atom. The molecule has 5 N–H and O–H groups in total. The minimum absolute atomic E-state index is 0.0969. The molecule has 8 heteroatoms. The summed E-state index contributed by atoms with van der Waals surface area (Å²) < 4.78 is 0. The third kappa shape index (κ3) is 5.89. The molecule has 1 atom stereocenters. The number of carboxylic acid groups (broad SMARTS) is 1.